The summed E-state index contributed by atoms with van der Waals surface area (Å²) in [6.07, 6.45) is 3.74. The number of aliphatic hydroxyl groups excluding tert-OH is 1. The number of nitrogens with two attached hydrogens (primary N) is 1. The van der Waals surface area contributed by atoms with Crippen LogP contribution >= 0.6 is 0 Å². The van der Waals surface area contributed by atoms with Crippen molar-refractivity contribution in [2.45, 2.75) is 115 Å². The minimum Gasteiger partial charge on any atom is -0.445 e. The number of hydrogen-bond donors (Lipinski definition) is 6. The number of hydrogen-bond acceptors (Lipinski definition) is 8. The molecule has 294 valence electrons. The van der Waals surface area contributed by atoms with Gasteiger partial charge in [-0.1, -0.05) is 100 Å². The van der Waals surface area contributed by atoms with Gasteiger partial charge in [-0.3, -0.25) is 24.0 Å². The third kappa shape index (κ3) is 12.6. The first-order valence-corrected chi connectivity index (χ1v) is 19.1. The molecule has 1 heterocycles. The van der Waals surface area contributed by atoms with Crippen molar-refractivity contribution in [1.29, 1.82) is 0 Å². The number of carbonyl (C=O) groups is 6. The van der Waals surface area contributed by atoms with Crippen molar-refractivity contribution in [3.63, 3.8) is 0 Å². The van der Waals surface area contributed by atoms with E-state index in [0.29, 0.717) is 42.9 Å². The van der Waals surface area contributed by atoms with Gasteiger partial charge in [0.05, 0.1) is 12.5 Å². The average Bonchev–Trinajstić information content (AvgIpc) is 3.68. The normalized spacial score (nSPS) is 18.6. The first-order valence-electron chi connectivity index (χ1n) is 19.1. The zero-order valence-electron chi connectivity index (χ0n) is 31.3. The SMILES string of the molecule is CC[C@@H](C)[C@H](NC(=O)[C@@H]1CCCN1C(=O)[C@@H](O)[C@H](Cc1ccccc1)NC(=O)[C@H](CC(N)=O)NC(=O)OCc1ccccc1)C(=O)NCC1CCCCC1. The first-order chi connectivity index (χ1) is 26.0. The van der Waals surface area contributed by atoms with E-state index in [2.05, 4.69) is 21.3 Å². The summed E-state index contributed by atoms with van der Waals surface area (Å²) >= 11 is 0. The molecule has 0 spiro atoms. The molecule has 1 aliphatic heterocycles. The van der Waals surface area contributed by atoms with Gasteiger partial charge in [-0.05, 0) is 55.1 Å². The number of likely N-dealkylation sites (tertiary alicyclic amines) is 1. The summed E-state index contributed by atoms with van der Waals surface area (Å²) in [5, 5.41) is 22.5. The molecule has 2 aromatic carbocycles. The lowest BCUT2D eigenvalue weighted by molar-refractivity contribution is -0.147. The van der Waals surface area contributed by atoms with Gasteiger partial charge >= 0.3 is 6.09 Å². The number of carbonyl (C=O) groups excluding carboxylic acids is 6. The Hall–Kier alpha value is -4.98. The molecule has 6 atom stereocenters. The quantitative estimate of drug-likeness (QED) is 0.133. The third-order valence-corrected chi connectivity index (χ3v) is 10.4. The predicted octanol–water partition coefficient (Wildman–Crippen LogP) is 2.46. The maximum Gasteiger partial charge on any atom is 0.408 e. The molecule has 54 heavy (non-hydrogen) atoms. The van der Waals surface area contributed by atoms with Crippen LogP contribution in [0.3, 0.4) is 0 Å². The number of benzene rings is 2. The van der Waals surface area contributed by atoms with Crippen LogP contribution in [0.25, 0.3) is 0 Å². The molecule has 0 bridgehead atoms. The molecular formula is C40H56N6O8. The van der Waals surface area contributed by atoms with Gasteiger partial charge in [0.25, 0.3) is 5.91 Å². The minimum absolute atomic E-state index is 0.00316. The number of nitrogens with one attached hydrogen (secondary N) is 4. The highest BCUT2D eigenvalue weighted by molar-refractivity contribution is 5.94. The Morgan fingerprint density at radius 1 is 0.852 bits per heavy atom. The summed E-state index contributed by atoms with van der Waals surface area (Å²) < 4.78 is 5.23. The molecule has 7 N–H and O–H groups in total. The van der Waals surface area contributed by atoms with Crippen molar-refractivity contribution in [2.75, 3.05) is 13.1 Å². The summed E-state index contributed by atoms with van der Waals surface area (Å²) in [6, 6.07) is 13.3. The number of amides is 6. The number of alkyl carbamates (subject to hydrolysis) is 1. The second kappa shape index (κ2) is 21.0. The third-order valence-electron chi connectivity index (χ3n) is 10.4. The van der Waals surface area contributed by atoms with Gasteiger partial charge < -0.3 is 41.7 Å². The smallest absolute Gasteiger partial charge is 0.408 e. The van der Waals surface area contributed by atoms with Crippen LogP contribution in [0.4, 0.5) is 4.79 Å². The lowest BCUT2D eigenvalue weighted by Gasteiger charge is -2.32. The first kappa shape index (κ1) is 41.8. The molecule has 2 aliphatic rings. The van der Waals surface area contributed by atoms with Crippen LogP contribution in [-0.4, -0.2) is 89.0 Å². The Morgan fingerprint density at radius 3 is 2.13 bits per heavy atom. The van der Waals surface area contributed by atoms with Gasteiger partial charge in [0.1, 0.15) is 24.7 Å². The average molecular weight is 749 g/mol. The van der Waals surface area contributed by atoms with E-state index in [1.54, 1.807) is 54.6 Å². The largest absolute Gasteiger partial charge is 0.445 e. The molecule has 14 heteroatoms. The highest BCUT2D eigenvalue weighted by atomic mass is 16.5. The van der Waals surface area contributed by atoms with E-state index in [1.807, 2.05) is 19.9 Å². The summed E-state index contributed by atoms with van der Waals surface area (Å²) in [4.78, 5) is 80.6. The predicted molar refractivity (Wildman–Crippen MR) is 201 cm³/mol. The van der Waals surface area contributed by atoms with Gasteiger partial charge in [-0.2, -0.15) is 0 Å². The van der Waals surface area contributed by atoms with Crippen molar-refractivity contribution in [3.05, 3.63) is 71.8 Å². The Balaban J connectivity index is 1.45. The standard InChI is InChI=1S/C40H56N6O8/c1-3-26(2)34(38(51)42-24-28-16-9-5-10-17-28)45-37(50)32-20-13-21-46(32)39(52)35(48)30(22-27-14-7-4-8-15-27)43-36(49)31(23-33(41)47)44-40(53)54-25-29-18-11-6-12-19-29/h4,6-8,11-12,14-15,18-19,26,28,30-32,34-35,48H,3,5,9-10,13,16-17,20-25H2,1-2H3,(H2,41,47)(H,42,51)(H,43,49)(H,44,53)(H,45,50)/t26-,30+,31+,32+,34+,35+/m1/s1. The lowest BCUT2D eigenvalue weighted by Crippen LogP contribution is -2.59. The van der Waals surface area contributed by atoms with E-state index in [1.165, 1.54) is 11.3 Å². The van der Waals surface area contributed by atoms with Gasteiger partial charge in [0, 0.05) is 13.1 Å². The molecule has 0 unspecified atom stereocenters. The number of nitrogens with zero attached hydrogens (tertiary/aromatic N) is 1. The fourth-order valence-corrected chi connectivity index (χ4v) is 7.05. The minimum atomic E-state index is -1.81. The van der Waals surface area contributed by atoms with Crippen molar-refractivity contribution < 1.29 is 38.6 Å². The lowest BCUT2D eigenvalue weighted by atomic mass is 9.89. The Labute approximate surface area is 317 Å². The van der Waals surface area contributed by atoms with Crippen LogP contribution in [0.2, 0.25) is 0 Å². The Bertz CT molecular complexity index is 1550. The van der Waals surface area contributed by atoms with Crippen LogP contribution in [0.1, 0.15) is 82.8 Å². The number of aliphatic hydroxyl groups is 1. The van der Waals surface area contributed by atoms with Crippen LogP contribution < -0.4 is 27.0 Å². The highest BCUT2D eigenvalue weighted by Crippen LogP contribution is 2.24. The zero-order chi connectivity index (χ0) is 39.0. The van der Waals surface area contributed by atoms with Crippen LogP contribution in [0.15, 0.2) is 60.7 Å². The van der Waals surface area contributed by atoms with E-state index in [9.17, 15) is 33.9 Å². The summed E-state index contributed by atoms with van der Waals surface area (Å²) in [6.45, 7) is 4.49. The zero-order valence-corrected chi connectivity index (χ0v) is 31.3. The molecule has 1 aliphatic carbocycles. The van der Waals surface area contributed by atoms with Crippen molar-refractivity contribution in [2.24, 2.45) is 17.6 Å². The van der Waals surface area contributed by atoms with E-state index >= 15 is 0 Å². The van der Waals surface area contributed by atoms with Crippen LogP contribution in [-0.2, 0) is 41.7 Å². The van der Waals surface area contributed by atoms with Gasteiger partial charge in [-0.15, -0.1) is 0 Å². The molecule has 6 amide bonds. The van der Waals surface area contributed by atoms with Crippen molar-refractivity contribution >= 4 is 35.6 Å². The molecule has 1 saturated carbocycles. The van der Waals surface area contributed by atoms with Crippen molar-refractivity contribution in [3.8, 4) is 0 Å². The maximum absolute atomic E-state index is 14.0. The molecule has 2 fully saturated rings. The summed E-state index contributed by atoms with van der Waals surface area (Å²) in [7, 11) is 0. The maximum atomic E-state index is 14.0. The van der Waals surface area contributed by atoms with Crippen LogP contribution in [0, 0.1) is 11.8 Å². The van der Waals surface area contributed by atoms with E-state index in [0.717, 1.165) is 25.7 Å². The molecule has 0 aromatic heterocycles. The highest BCUT2D eigenvalue weighted by Gasteiger charge is 2.41. The fraction of sp³-hybridized carbons (Fsp3) is 0.550. The summed E-state index contributed by atoms with van der Waals surface area (Å²) in [5.74, 6) is -3.02. The second-order valence-corrected chi connectivity index (χ2v) is 14.5. The Kier molecular flexibility index (Phi) is 16.3. The fourth-order valence-electron chi connectivity index (χ4n) is 7.05. The van der Waals surface area contributed by atoms with Gasteiger partial charge in [-0.25, -0.2) is 4.79 Å². The monoisotopic (exact) mass is 748 g/mol. The number of primary amides is 1. The molecule has 2 aromatic rings. The number of rotatable bonds is 18. The van der Waals surface area contributed by atoms with Crippen molar-refractivity contribution in [1.82, 2.24) is 26.2 Å². The topological polar surface area (TPSA) is 209 Å². The van der Waals surface area contributed by atoms with Gasteiger partial charge in [0.2, 0.25) is 23.6 Å². The summed E-state index contributed by atoms with van der Waals surface area (Å²) in [5.41, 5.74) is 6.79. The Morgan fingerprint density at radius 2 is 1.50 bits per heavy atom. The molecule has 14 nitrogen and oxygen atoms in total. The molecular weight excluding hydrogens is 692 g/mol. The molecule has 1 saturated heterocycles. The van der Waals surface area contributed by atoms with E-state index in [4.69, 9.17) is 10.5 Å². The number of ether oxygens (including phenoxy) is 1. The van der Waals surface area contributed by atoms with Gasteiger partial charge in [0.15, 0.2) is 6.10 Å². The molecule has 0 radical (unpaired) electrons. The van der Waals surface area contributed by atoms with E-state index in [-0.39, 0.29) is 31.4 Å². The molecule has 4 rings (SSSR count). The van der Waals surface area contributed by atoms with Crippen LogP contribution in [0.5, 0.6) is 0 Å². The van der Waals surface area contributed by atoms with E-state index < -0.39 is 66.4 Å². The second-order valence-electron chi connectivity index (χ2n) is 14.5.